The van der Waals surface area contributed by atoms with Crippen LogP contribution in [0.2, 0.25) is 13.1 Å². The van der Waals surface area contributed by atoms with Crippen LogP contribution in [0, 0.1) is 0 Å². The first-order valence-corrected chi connectivity index (χ1v) is 16.8. The molecule has 0 nitrogen and oxygen atoms in total. The van der Waals surface area contributed by atoms with Gasteiger partial charge in [0.15, 0.2) is 0 Å². The molecule has 7 rings (SSSR count). The number of allylic oxidation sites excluding steroid dienone is 1. The van der Waals surface area contributed by atoms with E-state index in [0.29, 0.717) is 11.8 Å². The quantitative estimate of drug-likeness (QED) is 0.230. The van der Waals surface area contributed by atoms with Gasteiger partial charge in [-0.15, -0.1) is 45.9 Å². The molecule has 0 saturated heterocycles. The summed E-state index contributed by atoms with van der Waals surface area (Å²) in [4.78, 5) is 1.63. The van der Waals surface area contributed by atoms with Gasteiger partial charge in [0, 0.05) is 10.4 Å². The zero-order chi connectivity index (χ0) is 24.2. The van der Waals surface area contributed by atoms with E-state index < -0.39 is 8.07 Å². The van der Waals surface area contributed by atoms with E-state index in [1.54, 1.807) is 21.2 Å². The van der Waals surface area contributed by atoms with Crippen molar-refractivity contribution in [2.24, 2.45) is 0 Å². The van der Waals surface area contributed by atoms with Gasteiger partial charge in [-0.2, -0.15) is 6.07 Å². The fourth-order valence-corrected chi connectivity index (χ4v) is 12.4. The number of hydrogen-bond acceptors (Lipinski definition) is 1. The zero-order valence-electron chi connectivity index (χ0n) is 23.0. The molecule has 2 unspecified atom stereocenters. The predicted octanol–water partition coefficient (Wildman–Crippen LogP) is 4.29. The minimum atomic E-state index is -0.972. The Morgan fingerprint density at radius 3 is 2.22 bits per heavy atom. The second-order valence-electron chi connectivity index (χ2n) is 11.1. The Labute approximate surface area is 260 Å². The Morgan fingerprint density at radius 2 is 1.65 bits per heavy atom. The first-order chi connectivity index (χ1) is 16.2. The average Bonchev–Trinajstić information content (AvgIpc) is 3.55. The van der Waals surface area contributed by atoms with Crippen LogP contribution in [0.15, 0.2) is 71.6 Å². The maximum Gasteiger partial charge on any atom is 3.00 e. The number of benzene rings is 2. The second kappa shape index (κ2) is 12.6. The molecule has 2 atom stereocenters. The van der Waals surface area contributed by atoms with Crippen molar-refractivity contribution in [3.8, 4) is 11.1 Å². The molecule has 0 fully saturated rings. The van der Waals surface area contributed by atoms with Crippen molar-refractivity contribution in [2.45, 2.75) is 71.5 Å². The Hall–Kier alpha value is -0.830. The Balaban J connectivity index is 0.000000274. The molecule has 37 heavy (non-hydrogen) atoms. The zero-order valence-corrected chi connectivity index (χ0v) is 28.7. The maximum atomic E-state index is 2.51. The van der Waals surface area contributed by atoms with Gasteiger partial charge >= 0.3 is 26.2 Å². The van der Waals surface area contributed by atoms with Gasteiger partial charge in [0.25, 0.3) is 0 Å². The van der Waals surface area contributed by atoms with E-state index in [9.17, 15) is 0 Å². The summed E-state index contributed by atoms with van der Waals surface area (Å²) < 4.78 is 0. The molecule has 2 aliphatic heterocycles. The topological polar surface area (TPSA) is 0 Å². The summed E-state index contributed by atoms with van der Waals surface area (Å²) in [6.07, 6.45) is 1.19. The summed E-state index contributed by atoms with van der Waals surface area (Å²) in [6.45, 7) is 16.4. The van der Waals surface area contributed by atoms with Gasteiger partial charge < -0.3 is 24.8 Å². The predicted molar refractivity (Wildman–Crippen MR) is 155 cm³/mol. The fraction of sp³-hybridized carbons (Fsp3) is 0.344. The fourth-order valence-electron chi connectivity index (χ4n) is 6.17. The molecule has 3 aromatic carbocycles. The molecule has 1 aromatic heterocycles. The van der Waals surface area contributed by atoms with Crippen LogP contribution in [0.3, 0.4) is 0 Å². The van der Waals surface area contributed by atoms with Crippen molar-refractivity contribution in [1.82, 2.24) is 0 Å². The third-order valence-corrected chi connectivity index (χ3v) is 13.5. The summed E-state index contributed by atoms with van der Waals surface area (Å²) in [5, 5.41) is 6.75. The maximum absolute atomic E-state index is 2.51. The number of rotatable bonds is 4. The first kappa shape index (κ1) is 32.4. The SMILES string of the molecule is CC1=C2c3sccc3C1[Si]2(C)C.CCC(C)c1ccc(-c2cccc3[cH-]c(C(C)C)cc23)cc1.[Cl-].[Cl-].[Zr+3]. The van der Waals surface area contributed by atoms with Gasteiger partial charge in [-0.3, -0.25) is 0 Å². The number of thiophene rings is 1. The van der Waals surface area contributed by atoms with Crippen molar-refractivity contribution < 1.29 is 51.0 Å². The molecule has 3 aliphatic rings. The third-order valence-electron chi connectivity index (χ3n) is 8.27. The van der Waals surface area contributed by atoms with Crippen LogP contribution in [0.1, 0.15) is 80.0 Å². The molecule has 1 aliphatic carbocycles. The molecule has 0 N–H and O–H groups in total. The molecule has 0 spiro atoms. The van der Waals surface area contributed by atoms with E-state index in [1.165, 1.54) is 39.4 Å². The summed E-state index contributed by atoms with van der Waals surface area (Å²) in [5.74, 6) is 1.21. The van der Waals surface area contributed by atoms with E-state index in [2.05, 4.69) is 114 Å². The van der Waals surface area contributed by atoms with Gasteiger partial charge in [-0.1, -0.05) is 82.3 Å². The van der Waals surface area contributed by atoms with Crippen molar-refractivity contribution in [3.05, 3.63) is 93.2 Å². The molecule has 4 aromatic rings. The van der Waals surface area contributed by atoms with Gasteiger partial charge in [0.1, 0.15) is 0 Å². The van der Waals surface area contributed by atoms with Crippen molar-refractivity contribution in [2.75, 3.05) is 0 Å². The normalized spacial score (nSPS) is 17.0. The van der Waals surface area contributed by atoms with Gasteiger partial charge in [-0.25, -0.2) is 0 Å². The van der Waals surface area contributed by atoms with Crippen LogP contribution in [-0.2, 0) is 26.2 Å². The van der Waals surface area contributed by atoms with Crippen LogP contribution >= 0.6 is 11.3 Å². The summed E-state index contributed by atoms with van der Waals surface area (Å²) in [6, 6.07) is 22.8. The summed E-state index contributed by atoms with van der Waals surface area (Å²) in [5.41, 5.74) is 9.76. The Morgan fingerprint density at radius 1 is 0.973 bits per heavy atom. The van der Waals surface area contributed by atoms with Crippen molar-refractivity contribution in [3.63, 3.8) is 0 Å². The van der Waals surface area contributed by atoms with E-state index in [4.69, 9.17) is 0 Å². The third kappa shape index (κ3) is 5.59. The Kier molecular flexibility index (Phi) is 11.0. The smallest absolute Gasteiger partial charge is 1.00 e. The minimum absolute atomic E-state index is 0. The van der Waals surface area contributed by atoms with Crippen LogP contribution in [-0.4, -0.2) is 8.07 Å². The molecular weight excluding hydrogens is 607 g/mol. The largest absolute Gasteiger partial charge is 3.00 e. The molecule has 2 bridgehead atoms. The number of halogens is 2. The Bertz CT molecular complexity index is 1380. The molecule has 1 radical (unpaired) electrons. The molecule has 3 heterocycles. The number of hydrogen-bond donors (Lipinski definition) is 0. The van der Waals surface area contributed by atoms with Crippen LogP contribution in [0.25, 0.3) is 27.1 Å². The average molecular weight is 644 g/mol. The monoisotopic (exact) mass is 641 g/mol. The first-order valence-electron chi connectivity index (χ1n) is 12.8. The second-order valence-corrected chi connectivity index (χ2v) is 16.5. The van der Waals surface area contributed by atoms with Crippen LogP contribution < -0.4 is 24.8 Å². The summed E-state index contributed by atoms with van der Waals surface area (Å²) >= 11 is 1.94. The van der Waals surface area contributed by atoms with E-state index >= 15 is 0 Å². The van der Waals surface area contributed by atoms with Crippen LogP contribution in [0.4, 0.5) is 0 Å². The molecule has 0 amide bonds. The van der Waals surface area contributed by atoms with Crippen molar-refractivity contribution >= 4 is 35.4 Å². The molecule has 5 heteroatoms. The van der Waals surface area contributed by atoms with Gasteiger partial charge in [0.2, 0.25) is 0 Å². The van der Waals surface area contributed by atoms with Crippen molar-refractivity contribution in [1.29, 1.82) is 0 Å². The summed E-state index contributed by atoms with van der Waals surface area (Å²) in [7, 11) is -0.972. The van der Waals surface area contributed by atoms with E-state index in [1.807, 2.05) is 11.3 Å². The minimum Gasteiger partial charge on any atom is -1.00 e. The van der Waals surface area contributed by atoms with Crippen LogP contribution in [0.5, 0.6) is 0 Å². The van der Waals surface area contributed by atoms with Gasteiger partial charge in [-0.05, 0) is 58.5 Å². The number of fused-ring (bicyclic) bond motifs is 1. The standard InChI is InChI=1S/C22H25.C10H12SSi.2ClH.Zr/c1-5-16(4)17-9-11-18(12-10-17)21-8-6-7-19-13-20(15(2)3)14-22(19)21;1-6-9-7-4-5-11-8(7)10(6)12(9,2)3;;;/h6-16H,5H2,1-4H3;4-5,9H,1-3H3;2*1H;/q-1;;;;+3/p-2. The van der Waals surface area contributed by atoms with E-state index in [-0.39, 0.29) is 51.0 Å². The van der Waals surface area contributed by atoms with Gasteiger partial charge in [0.05, 0.1) is 8.07 Å². The molecule has 193 valence electrons. The molecule has 0 saturated carbocycles. The molecular formula is C32H37Cl2SSiZr. The van der Waals surface area contributed by atoms with E-state index in [0.717, 1.165) is 5.54 Å².